The third-order valence-corrected chi connectivity index (χ3v) is 7.87. The van der Waals surface area contributed by atoms with Gasteiger partial charge in [0.05, 0.1) is 0 Å². The first-order chi connectivity index (χ1) is 12.4. The molecule has 2 heterocycles. The van der Waals surface area contributed by atoms with Crippen LogP contribution in [0.3, 0.4) is 0 Å². The van der Waals surface area contributed by atoms with Gasteiger partial charge in [-0.15, -0.1) is 11.3 Å². The SMILES string of the molecule is O=C(C1CC1)N1CCc2sc(S(=O)(=O)NCc3ccccc3F)cc2C1. The summed E-state index contributed by atoms with van der Waals surface area (Å²) in [6.07, 6.45) is 2.61. The molecule has 1 aromatic heterocycles. The number of fused-ring (bicyclic) bond motifs is 1. The number of hydrogen-bond donors (Lipinski definition) is 1. The van der Waals surface area contributed by atoms with Crippen molar-refractivity contribution in [3.63, 3.8) is 0 Å². The summed E-state index contributed by atoms with van der Waals surface area (Å²) in [5, 5.41) is 0. The standard InChI is InChI=1S/C18H19FN2O3S2/c19-15-4-2-1-3-13(15)10-20-26(23,24)17-9-14-11-21(8-7-16(14)25-17)18(22)12-5-6-12/h1-4,9,12,20H,5-8,10-11H2. The van der Waals surface area contributed by atoms with Crippen LogP contribution in [0.4, 0.5) is 4.39 Å². The average molecular weight is 394 g/mol. The van der Waals surface area contributed by atoms with E-state index in [-0.39, 0.29) is 22.6 Å². The summed E-state index contributed by atoms with van der Waals surface area (Å²) < 4.78 is 41.5. The molecule has 26 heavy (non-hydrogen) atoms. The van der Waals surface area contributed by atoms with E-state index in [2.05, 4.69) is 4.72 Å². The Morgan fingerprint density at radius 3 is 2.81 bits per heavy atom. The molecule has 2 aliphatic rings. The molecule has 2 aromatic rings. The molecule has 0 atom stereocenters. The molecular formula is C18H19FN2O3S2. The highest BCUT2D eigenvalue weighted by molar-refractivity contribution is 7.91. The van der Waals surface area contributed by atoms with Gasteiger partial charge in [-0.05, 0) is 37.0 Å². The summed E-state index contributed by atoms with van der Waals surface area (Å²) in [5.41, 5.74) is 1.21. The van der Waals surface area contributed by atoms with Crippen LogP contribution in [-0.2, 0) is 34.3 Å². The first-order valence-electron chi connectivity index (χ1n) is 8.57. The number of thiophene rings is 1. The largest absolute Gasteiger partial charge is 0.338 e. The van der Waals surface area contributed by atoms with E-state index in [1.54, 1.807) is 24.3 Å². The van der Waals surface area contributed by atoms with Crippen molar-refractivity contribution in [3.8, 4) is 0 Å². The Bertz CT molecular complexity index is 951. The van der Waals surface area contributed by atoms with Gasteiger partial charge in [-0.1, -0.05) is 18.2 Å². The van der Waals surface area contributed by atoms with E-state index in [1.807, 2.05) is 4.90 Å². The van der Waals surface area contributed by atoms with Gasteiger partial charge in [0.1, 0.15) is 10.0 Å². The maximum atomic E-state index is 13.7. The Hall–Kier alpha value is -1.77. The molecule has 1 aliphatic carbocycles. The van der Waals surface area contributed by atoms with Gasteiger partial charge in [0.2, 0.25) is 15.9 Å². The quantitative estimate of drug-likeness (QED) is 0.848. The fourth-order valence-corrected chi connectivity index (χ4v) is 5.69. The van der Waals surface area contributed by atoms with Crippen molar-refractivity contribution in [1.82, 2.24) is 9.62 Å². The Morgan fingerprint density at radius 2 is 2.08 bits per heavy atom. The molecular weight excluding hydrogens is 375 g/mol. The second kappa shape index (κ2) is 6.75. The fraction of sp³-hybridized carbons (Fsp3) is 0.389. The predicted octanol–water partition coefficient (Wildman–Crippen LogP) is 2.66. The zero-order valence-electron chi connectivity index (χ0n) is 14.1. The lowest BCUT2D eigenvalue weighted by Crippen LogP contribution is -2.36. The van der Waals surface area contributed by atoms with Gasteiger partial charge >= 0.3 is 0 Å². The number of amides is 1. The fourth-order valence-electron chi connectivity index (χ4n) is 3.10. The van der Waals surface area contributed by atoms with Crippen molar-refractivity contribution in [1.29, 1.82) is 0 Å². The van der Waals surface area contributed by atoms with Gasteiger partial charge in [0.25, 0.3) is 0 Å². The lowest BCUT2D eigenvalue weighted by molar-refractivity contribution is -0.133. The lowest BCUT2D eigenvalue weighted by Gasteiger charge is -2.26. The lowest BCUT2D eigenvalue weighted by atomic mass is 10.1. The van der Waals surface area contributed by atoms with Crippen molar-refractivity contribution >= 4 is 27.3 Å². The van der Waals surface area contributed by atoms with Crippen LogP contribution < -0.4 is 4.72 Å². The predicted molar refractivity (Wildman–Crippen MR) is 96.6 cm³/mol. The number of nitrogens with zero attached hydrogens (tertiary/aromatic N) is 1. The monoisotopic (exact) mass is 394 g/mol. The Balaban J connectivity index is 1.48. The van der Waals surface area contributed by atoms with Crippen molar-refractivity contribution < 1.29 is 17.6 Å². The van der Waals surface area contributed by atoms with Crippen LogP contribution in [0.15, 0.2) is 34.5 Å². The normalized spacial score (nSPS) is 17.2. The van der Waals surface area contributed by atoms with Crippen LogP contribution in [0.25, 0.3) is 0 Å². The van der Waals surface area contributed by atoms with Crippen LogP contribution in [-0.4, -0.2) is 25.8 Å². The molecule has 1 N–H and O–H groups in total. The molecule has 8 heteroatoms. The number of benzene rings is 1. The van der Waals surface area contributed by atoms with Gasteiger partial charge in [0, 0.05) is 36.0 Å². The van der Waals surface area contributed by atoms with E-state index in [9.17, 15) is 17.6 Å². The average Bonchev–Trinajstić information content (AvgIpc) is 3.38. The zero-order chi connectivity index (χ0) is 18.3. The van der Waals surface area contributed by atoms with Crippen LogP contribution >= 0.6 is 11.3 Å². The Morgan fingerprint density at radius 1 is 1.31 bits per heavy atom. The second-order valence-electron chi connectivity index (χ2n) is 6.71. The van der Waals surface area contributed by atoms with Gasteiger partial charge < -0.3 is 4.90 Å². The number of hydrogen-bond acceptors (Lipinski definition) is 4. The van der Waals surface area contributed by atoms with Gasteiger partial charge in [0.15, 0.2) is 0 Å². The third-order valence-electron chi connectivity index (χ3n) is 4.76. The number of rotatable bonds is 5. The molecule has 1 aliphatic heterocycles. The molecule has 0 bridgehead atoms. The number of halogens is 1. The summed E-state index contributed by atoms with van der Waals surface area (Å²) >= 11 is 1.24. The van der Waals surface area contributed by atoms with E-state index in [0.29, 0.717) is 25.1 Å². The van der Waals surface area contributed by atoms with Crippen molar-refractivity contribution in [2.45, 2.75) is 36.6 Å². The second-order valence-corrected chi connectivity index (χ2v) is 9.84. The first kappa shape index (κ1) is 17.6. The smallest absolute Gasteiger partial charge is 0.250 e. The summed E-state index contributed by atoms with van der Waals surface area (Å²) in [6, 6.07) is 7.74. The van der Waals surface area contributed by atoms with Crippen LogP contribution in [0.2, 0.25) is 0 Å². The Kier molecular flexibility index (Phi) is 4.58. The molecule has 1 aromatic carbocycles. The summed E-state index contributed by atoms with van der Waals surface area (Å²) in [6.45, 7) is 1.03. The maximum Gasteiger partial charge on any atom is 0.250 e. The number of carbonyl (C=O) groups excluding carboxylic acids is 1. The number of sulfonamides is 1. The molecule has 138 valence electrons. The molecule has 0 radical (unpaired) electrons. The summed E-state index contributed by atoms with van der Waals surface area (Å²) in [4.78, 5) is 15.1. The maximum absolute atomic E-state index is 13.7. The Labute approximate surface area is 155 Å². The van der Waals surface area contributed by atoms with Crippen molar-refractivity contribution in [3.05, 3.63) is 52.2 Å². The minimum Gasteiger partial charge on any atom is -0.338 e. The number of nitrogens with one attached hydrogen (secondary N) is 1. The van der Waals surface area contributed by atoms with Crippen LogP contribution in [0.5, 0.6) is 0 Å². The highest BCUT2D eigenvalue weighted by Gasteiger charge is 2.35. The molecule has 1 saturated carbocycles. The summed E-state index contributed by atoms with van der Waals surface area (Å²) in [5.74, 6) is -0.0836. The molecule has 1 fully saturated rings. The van der Waals surface area contributed by atoms with Crippen molar-refractivity contribution in [2.24, 2.45) is 5.92 Å². The first-order valence-corrected chi connectivity index (χ1v) is 10.9. The van der Waals surface area contributed by atoms with Gasteiger partial charge in [-0.3, -0.25) is 4.79 Å². The van der Waals surface area contributed by atoms with Gasteiger partial charge in [-0.2, -0.15) is 0 Å². The molecule has 4 rings (SSSR count). The van der Waals surface area contributed by atoms with Crippen molar-refractivity contribution in [2.75, 3.05) is 6.54 Å². The highest BCUT2D eigenvalue weighted by atomic mass is 32.2. The molecule has 5 nitrogen and oxygen atoms in total. The van der Waals surface area contributed by atoms with E-state index in [0.717, 1.165) is 23.3 Å². The van der Waals surface area contributed by atoms with E-state index >= 15 is 0 Å². The summed E-state index contributed by atoms with van der Waals surface area (Å²) in [7, 11) is -3.71. The van der Waals surface area contributed by atoms with Crippen LogP contribution in [0.1, 0.15) is 28.8 Å². The minimum absolute atomic E-state index is 0.0934. The number of carbonyl (C=O) groups is 1. The minimum atomic E-state index is -3.71. The highest BCUT2D eigenvalue weighted by Crippen LogP contribution is 2.35. The topological polar surface area (TPSA) is 66.5 Å². The van der Waals surface area contributed by atoms with Gasteiger partial charge in [-0.25, -0.2) is 17.5 Å². The third kappa shape index (κ3) is 3.54. The van der Waals surface area contributed by atoms with E-state index in [4.69, 9.17) is 0 Å². The molecule has 0 saturated heterocycles. The molecule has 1 amide bonds. The van der Waals surface area contributed by atoms with E-state index in [1.165, 1.54) is 17.4 Å². The zero-order valence-corrected chi connectivity index (χ0v) is 15.7. The van der Waals surface area contributed by atoms with E-state index < -0.39 is 15.8 Å². The molecule has 0 spiro atoms. The van der Waals surface area contributed by atoms with Crippen LogP contribution in [0, 0.1) is 11.7 Å². The molecule has 0 unspecified atom stereocenters.